The molecular formula is C27H28N2O10. The minimum atomic E-state index is -2.25. The van der Waals surface area contributed by atoms with Crippen LogP contribution < -0.4 is 9.80 Å². The van der Waals surface area contributed by atoms with Crippen LogP contribution in [0.1, 0.15) is 42.3 Å². The fraction of sp³-hybridized carbons (Fsp3) is 0.444. The lowest BCUT2D eigenvalue weighted by molar-refractivity contribution is -0.317. The molecule has 1 N–H and O–H groups in total. The Balaban J connectivity index is 1.48. The molecule has 0 radical (unpaired) electrons. The third-order valence-corrected chi connectivity index (χ3v) is 7.18. The molecule has 12 nitrogen and oxygen atoms in total. The molecule has 4 aliphatic rings. The van der Waals surface area contributed by atoms with E-state index in [4.69, 9.17) is 28.5 Å². The van der Waals surface area contributed by atoms with Crippen molar-refractivity contribution in [2.45, 2.75) is 56.5 Å². The smallest absolute Gasteiger partial charge is 0.488 e. The van der Waals surface area contributed by atoms with E-state index in [0.29, 0.717) is 5.69 Å². The number of anilines is 1. The van der Waals surface area contributed by atoms with Crippen molar-refractivity contribution in [3.05, 3.63) is 59.2 Å². The number of aliphatic hydroxyl groups is 1. The van der Waals surface area contributed by atoms with Crippen LogP contribution in [0.25, 0.3) is 0 Å². The first-order valence-corrected chi connectivity index (χ1v) is 12.5. The number of cyclic esters (lactones) is 1. The highest BCUT2D eigenvalue weighted by molar-refractivity contribution is 5.92. The number of hydrogen-bond donors (Lipinski definition) is 1. The van der Waals surface area contributed by atoms with Gasteiger partial charge >= 0.3 is 18.2 Å². The first-order valence-electron chi connectivity index (χ1n) is 12.5. The molecule has 6 rings (SSSR count). The van der Waals surface area contributed by atoms with Gasteiger partial charge < -0.3 is 28.8 Å². The van der Waals surface area contributed by atoms with Crippen LogP contribution in [0, 0.1) is 0 Å². The number of ether oxygens (including phenoxy) is 5. The van der Waals surface area contributed by atoms with Gasteiger partial charge in [0.2, 0.25) is 5.60 Å². The van der Waals surface area contributed by atoms with Crippen LogP contribution in [0.15, 0.2) is 42.5 Å². The van der Waals surface area contributed by atoms with E-state index >= 15 is 0 Å². The Bertz CT molecular complexity index is 1360. The van der Waals surface area contributed by atoms with Crippen molar-refractivity contribution in [2.24, 2.45) is 0 Å². The molecule has 4 heterocycles. The van der Waals surface area contributed by atoms with Crippen LogP contribution in [0.2, 0.25) is 0 Å². The van der Waals surface area contributed by atoms with Gasteiger partial charge in [0.25, 0.3) is 5.79 Å². The van der Waals surface area contributed by atoms with Crippen LogP contribution in [0.3, 0.4) is 0 Å². The van der Waals surface area contributed by atoms with Crippen molar-refractivity contribution < 1.29 is 48.0 Å². The van der Waals surface area contributed by atoms with E-state index < -0.39 is 53.9 Å². The maximum atomic E-state index is 13.1. The zero-order chi connectivity index (χ0) is 27.7. The molecule has 2 aromatic rings. The summed E-state index contributed by atoms with van der Waals surface area (Å²) in [5.41, 5.74) is -1.15. The molecule has 2 aromatic carbocycles. The summed E-state index contributed by atoms with van der Waals surface area (Å²) in [6, 6.07) is 10.9. The van der Waals surface area contributed by atoms with Crippen molar-refractivity contribution in [1.29, 1.82) is 0 Å². The third-order valence-electron chi connectivity index (χ3n) is 7.18. The number of nitrogens with zero attached hydrogens (tertiary/aromatic N) is 2. The van der Waals surface area contributed by atoms with Crippen molar-refractivity contribution in [2.75, 3.05) is 25.3 Å². The number of carbonyl (C=O) groups is 3. The Labute approximate surface area is 223 Å². The Morgan fingerprint density at radius 2 is 1.92 bits per heavy atom. The average molecular weight is 541 g/mol. The summed E-state index contributed by atoms with van der Waals surface area (Å²) in [6.07, 6.45) is -1.67. The largest absolute Gasteiger partial charge is 0.509 e. The van der Waals surface area contributed by atoms with Gasteiger partial charge in [0.15, 0.2) is 0 Å². The molecule has 2 bridgehead atoms. The quantitative estimate of drug-likeness (QED) is 0.349. The van der Waals surface area contributed by atoms with E-state index in [1.165, 1.54) is 29.2 Å². The van der Waals surface area contributed by atoms with Gasteiger partial charge in [0.05, 0.1) is 36.5 Å². The number of rotatable bonds is 4. The molecule has 39 heavy (non-hydrogen) atoms. The molecule has 12 heteroatoms. The molecule has 0 aliphatic carbocycles. The number of esters is 1. The zero-order valence-corrected chi connectivity index (χ0v) is 21.8. The lowest BCUT2D eigenvalue weighted by Crippen LogP contribution is -2.68. The van der Waals surface area contributed by atoms with Gasteiger partial charge in [-0.3, -0.25) is 4.90 Å². The molecular weight excluding hydrogens is 512 g/mol. The van der Waals surface area contributed by atoms with Gasteiger partial charge in [-0.2, -0.15) is 0 Å². The summed E-state index contributed by atoms with van der Waals surface area (Å²) < 4.78 is 27.6. The van der Waals surface area contributed by atoms with Crippen LogP contribution in [-0.4, -0.2) is 72.0 Å². The number of benzene rings is 2. The van der Waals surface area contributed by atoms with Crippen LogP contribution in [0.4, 0.5) is 15.3 Å². The van der Waals surface area contributed by atoms with Crippen molar-refractivity contribution >= 4 is 23.9 Å². The van der Waals surface area contributed by atoms with Crippen molar-refractivity contribution in [1.82, 2.24) is 4.90 Å². The van der Waals surface area contributed by atoms with Gasteiger partial charge in [0, 0.05) is 0 Å². The summed E-state index contributed by atoms with van der Waals surface area (Å²) in [4.78, 5) is 45.5. The summed E-state index contributed by atoms with van der Waals surface area (Å²) in [5, 5.41) is 13.5. The van der Waals surface area contributed by atoms with E-state index in [1.54, 1.807) is 20.8 Å². The molecule has 1 spiro atoms. The van der Waals surface area contributed by atoms with Crippen LogP contribution in [0.5, 0.6) is 5.75 Å². The van der Waals surface area contributed by atoms with Crippen molar-refractivity contribution in [3.63, 3.8) is 0 Å². The lowest BCUT2D eigenvalue weighted by Gasteiger charge is -2.51. The third kappa shape index (κ3) is 3.85. The number of hydrogen-bond acceptors (Lipinski definition) is 11. The SMILES string of the molecule is COC(=O)c1cc(OCc2ccccc2)c2c(c1)N1C[C@H]3[C@H](N3C(=O)OC(C)(C)C)[C@@](O)(O1)[C@@]21COC(=O)O1. The Kier molecular flexibility index (Phi) is 5.50. The van der Waals surface area contributed by atoms with Crippen LogP contribution in [-0.2, 0) is 36.0 Å². The van der Waals surface area contributed by atoms with E-state index in [1.807, 2.05) is 30.3 Å². The second-order valence-corrected chi connectivity index (χ2v) is 10.9. The fourth-order valence-corrected chi connectivity index (χ4v) is 5.50. The molecule has 4 atom stereocenters. The Morgan fingerprint density at radius 3 is 2.56 bits per heavy atom. The molecule has 0 saturated carbocycles. The Hall–Kier alpha value is -4.03. The maximum Gasteiger partial charge on any atom is 0.509 e. The second-order valence-electron chi connectivity index (χ2n) is 10.9. The molecule has 206 valence electrons. The number of carbonyl (C=O) groups excluding carboxylic acids is 3. The predicted octanol–water partition coefficient (Wildman–Crippen LogP) is 2.86. The number of amides is 1. The molecule has 0 unspecified atom stereocenters. The van der Waals surface area contributed by atoms with Gasteiger partial charge in [-0.25, -0.2) is 24.3 Å². The van der Waals surface area contributed by atoms with E-state index in [2.05, 4.69) is 0 Å². The summed E-state index contributed by atoms with van der Waals surface area (Å²) >= 11 is 0. The Morgan fingerprint density at radius 1 is 1.18 bits per heavy atom. The first-order chi connectivity index (χ1) is 18.5. The van der Waals surface area contributed by atoms with E-state index in [9.17, 15) is 19.5 Å². The highest BCUT2D eigenvalue weighted by Crippen LogP contribution is 2.61. The summed E-state index contributed by atoms with van der Waals surface area (Å²) in [7, 11) is 1.25. The molecule has 0 aromatic heterocycles. The minimum absolute atomic E-state index is 0.109. The van der Waals surface area contributed by atoms with E-state index in [0.717, 1.165) is 5.56 Å². The highest BCUT2D eigenvalue weighted by Gasteiger charge is 2.80. The topological polar surface area (TPSA) is 133 Å². The molecule has 1 amide bonds. The van der Waals surface area contributed by atoms with Gasteiger partial charge in [-0.15, -0.1) is 0 Å². The summed E-state index contributed by atoms with van der Waals surface area (Å²) in [5.74, 6) is -2.72. The molecule has 4 aliphatic heterocycles. The normalized spacial score (nSPS) is 28.2. The second kappa shape index (κ2) is 8.48. The average Bonchev–Trinajstić information content (AvgIpc) is 3.51. The maximum absolute atomic E-state index is 13.1. The molecule has 3 fully saturated rings. The first kappa shape index (κ1) is 25.3. The lowest BCUT2D eigenvalue weighted by atomic mass is 9.78. The van der Waals surface area contributed by atoms with Crippen molar-refractivity contribution in [3.8, 4) is 5.75 Å². The zero-order valence-electron chi connectivity index (χ0n) is 21.8. The summed E-state index contributed by atoms with van der Waals surface area (Å²) in [6.45, 7) is 5.04. The van der Waals surface area contributed by atoms with E-state index in [-0.39, 0.29) is 30.0 Å². The van der Waals surface area contributed by atoms with Gasteiger partial charge in [0.1, 0.15) is 30.6 Å². The highest BCUT2D eigenvalue weighted by atomic mass is 16.8. The monoisotopic (exact) mass is 540 g/mol. The van der Waals surface area contributed by atoms with Crippen LogP contribution >= 0.6 is 0 Å². The fourth-order valence-electron chi connectivity index (χ4n) is 5.50. The number of methoxy groups -OCH3 is 1. The van der Waals surface area contributed by atoms with Gasteiger partial charge in [-0.1, -0.05) is 30.3 Å². The minimum Gasteiger partial charge on any atom is -0.488 e. The number of fused-ring (bicyclic) bond motifs is 8. The number of hydroxylamine groups is 1. The predicted molar refractivity (Wildman–Crippen MR) is 132 cm³/mol. The standard InChI is InChI=1S/C27H28N2O10/c1-25(2,3)37-23(31)29-18-12-28-17-10-16(22(30)34-4)11-19(35-13-15-8-6-5-7-9-15)20(17)26(14-36-24(32)38-26)27(33,39-28)21(18)29/h5-11,18,21,33H,12-14H2,1-4H3/t18-,21-,26+,27+,29?/m0/s1. The van der Waals surface area contributed by atoms with Gasteiger partial charge in [-0.05, 0) is 38.5 Å². The molecule has 3 saturated heterocycles.